The minimum Gasteiger partial charge on any atom is -0.354 e. The van der Waals surface area contributed by atoms with Gasteiger partial charge in [0.2, 0.25) is 5.91 Å². The number of nitriles is 1. The van der Waals surface area contributed by atoms with E-state index in [1.54, 1.807) is 19.0 Å². The molecule has 3 aliphatic rings. The normalized spacial score (nSPS) is 21.9. The van der Waals surface area contributed by atoms with Crippen molar-refractivity contribution in [1.29, 1.82) is 5.26 Å². The molecule has 1 aliphatic heterocycles. The number of aromatic amines is 1. The van der Waals surface area contributed by atoms with Gasteiger partial charge in [-0.1, -0.05) is 5.21 Å². The van der Waals surface area contributed by atoms with Crippen molar-refractivity contribution >= 4 is 40.4 Å². The van der Waals surface area contributed by atoms with Crippen molar-refractivity contribution in [1.82, 2.24) is 41.5 Å². The van der Waals surface area contributed by atoms with Gasteiger partial charge in [0, 0.05) is 29.9 Å². The number of aromatic nitrogens is 4. The molecule has 1 saturated heterocycles. The third-order valence-corrected chi connectivity index (χ3v) is 10.6. The van der Waals surface area contributed by atoms with Crippen LogP contribution in [0.15, 0.2) is 12.1 Å². The summed E-state index contributed by atoms with van der Waals surface area (Å²) in [5, 5.41) is 33.6. The van der Waals surface area contributed by atoms with Crippen LogP contribution in [0.5, 0.6) is 0 Å². The fourth-order valence-electron chi connectivity index (χ4n) is 6.25. The number of H-pyrrole nitrogens is 1. The van der Waals surface area contributed by atoms with E-state index in [2.05, 4.69) is 42.6 Å². The molecular formula is C26H29N9O3S2. The van der Waals surface area contributed by atoms with Gasteiger partial charge in [-0.3, -0.25) is 14.4 Å². The highest BCUT2D eigenvalue weighted by molar-refractivity contribution is 7.15. The highest BCUT2D eigenvalue weighted by Crippen LogP contribution is 2.50. The molecule has 2 aliphatic carbocycles. The lowest BCUT2D eigenvalue weighted by atomic mass is 9.71. The highest BCUT2D eigenvalue weighted by atomic mass is 32.1. The summed E-state index contributed by atoms with van der Waals surface area (Å²) in [4.78, 5) is 43.4. The van der Waals surface area contributed by atoms with Gasteiger partial charge in [0.15, 0.2) is 5.82 Å². The summed E-state index contributed by atoms with van der Waals surface area (Å²) in [5.41, 5.74) is 0.922. The van der Waals surface area contributed by atoms with E-state index in [0.717, 1.165) is 33.7 Å². The summed E-state index contributed by atoms with van der Waals surface area (Å²) in [6.07, 6.45) is 3.61. The first-order chi connectivity index (χ1) is 19.4. The molecule has 40 heavy (non-hydrogen) atoms. The second kappa shape index (κ2) is 10.4. The molecule has 3 aromatic rings. The van der Waals surface area contributed by atoms with Crippen LogP contribution in [-0.4, -0.2) is 82.5 Å². The topological polar surface area (TPSA) is 169 Å². The molecule has 14 heteroatoms. The summed E-state index contributed by atoms with van der Waals surface area (Å²) in [5.74, 6) is 0.492. The van der Waals surface area contributed by atoms with E-state index < -0.39 is 5.41 Å². The largest absolute Gasteiger partial charge is 0.354 e. The Balaban J connectivity index is 1.36. The molecule has 0 bridgehead atoms. The van der Waals surface area contributed by atoms with Crippen molar-refractivity contribution in [3.05, 3.63) is 48.6 Å². The number of aryl methyl sites for hydroxylation is 2. The number of tetrazole rings is 1. The zero-order valence-corrected chi connectivity index (χ0v) is 23.7. The molecule has 6 rings (SSSR count). The number of hydrogen-bond donors (Lipinski definition) is 4. The standard InChI is InChI=1S/C26H29N9O3S2/c1-28-23(37)20-9-15-18(39-20)3-4-19-16(10-21(40-19)24(38)29-2)26(15,25-31-33-34-32-25)5-6-30-12-22(36)35-14(11-27)7-13-8-17(13)35/h9-10,13-14,17,30H,3-8,12H2,1-2H3,(H,28,37)(H,29,38)(H,31,32,33,34)/t13-,14+,17+/m1/s1. The average Bonchev–Trinajstić information content (AvgIpc) is 3.46. The predicted molar refractivity (Wildman–Crippen MR) is 147 cm³/mol. The summed E-state index contributed by atoms with van der Waals surface area (Å²) in [6.45, 7) is 0.540. The van der Waals surface area contributed by atoms with Crippen molar-refractivity contribution in [2.24, 2.45) is 5.92 Å². The van der Waals surface area contributed by atoms with Crippen LogP contribution in [0.4, 0.5) is 0 Å². The summed E-state index contributed by atoms with van der Waals surface area (Å²) in [7, 11) is 3.21. The van der Waals surface area contributed by atoms with E-state index in [1.165, 1.54) is 22.7 Å². The Kier molecular flexibility index (Phi) is 6.89. The minimum absolute atomic E-state index is 0.0673. The van der Waals surface area contributed by atoms with Crippen LogP contribution in [-0.2, 0) is 23.1 Å². The molecule has 2 fully saturated rings. The van der Waals surface area contributed by atoms with Gasteiger partial charge < -0.3 is 20.9 Å². The number of piperidine rings is 1. The fourth-order valence-corrected chi connectivity index (χ4v) is 8.62. The Morgan fingerprint density at radius 3 is 2.30 bits per heavy atom. The number of nitrogens with zero attached hydrogens (tertiary/aromatic N) is 5. The van der Waals surface area contributed by atoms with Crippen molar-refractivity contribution < 1.29 is 14.4 Å². The van der Waals surface area contributed by atoms with E-state index in [0.29, 0.717) is 47.3 Å². The number of nitrogens with one attached hydrogen (secondary N) is 4. The number of thiophene rings is 2. The monoisotopic (exact) mass is 579 g/mol. The lowest BCUT2D eigenvalue weighted by Crippen LogP contribution is -2.44. The fraction of sp³-hybridized carbons (Fsp3) is 0.500. The number of amides is 3. The highest BCUT2D eigenvalue weighted by Gasteiger charge is 2.54. The molecule has 4 heterocycles. The van der Waals surface area contributed by atoms with Gasteiger partial charge >= 0.3 is 0 Å². The van der Waals surface area contributed by atoms with Crippen molar-refractivity contribution in [2.45, 2.75) is 49.6 Å². The zero-order chi connectivity index (χ0) is 28.0. The maximum Gasteiger partial charge on any atom is 0.261 e. The maximum absolute atomic E-state index is 13.1. The van der Waals surface area contributed by atoms with Gasteiger partial charge in [-0.05, 0) is 67.8 Å². The third kappa shape index (κ3) is 4.29. The Labute approximate surface area is 238 Å². The number of likely N-dealkylation sites (tertiary alicyclic amines) is 1. The molecule has 12 nitrogen and oxygen atoms in total. The second-order valence-electron chi connectivity index (χ2n) is 10.4. The average molecular weight is 580 g/mol. The molecule has 4 N–H and O–H groups in total. The first-order valence-electron chi connectivity index (χ1n) is 13.3. The van der Waals surface area contributed by atoms with Crippen LogP contribution < -0.4 is 16.0 Å². The summed E-state index contributed by atoms with van der Waals surface area (Å²) in [6, 6.07) is 5.93. The number of fused-ring (bicyclic) bond motifs is 3. The lowest BCUT2D eigenvalue weighted by Gasteiger charge is -2.31. The van der Waals surface area contributed by atoms with Crippen LogP contribution in [0.25, 0.3) is 0 Å². The maximum atomic E-state index is 13.1. The van der Waals surface area contributed by atoms with E-state index in [-0.39, 0.29) is 36.3 Å². The molecule has 3 atom stereocenters. The summed E-state index contributed by atoms with van der Waals surface area (Å²) < 4.78 is 0. The molecule has 0 aromatic carbocycles. The molecule has 0 spiro atoms. The lowest BCUT2D eigenvalue weighted by molar-refractivity contribution is -0.131. The Bertz CT molecular complexity index is 1440. The van der Waals surface area contributed by atoms with Crippen LogP contribution in [0, 0.1) is 17.2 Å². The SMILES string of the molecule is CNC(=O)c1cc2c(s1)CCc1sc(C(=O)NC)cc1C2(CCNCC(=O)N1[C@H](C#N)C[C@@H]2C[C@@H]21)c1nn[nH]n1. The van der Waals surface area contributed by atoms with Crippen LogP contribution in [0.3, 0.4) is 0 Å². The number of hydrogen-bond acceptors (Lipinski definition) is 10. The minimum atomic E-state index is -0.903. The third-order valence-electron chi connectivity index (χ3n) is 8.24. The van der Waals surface area contributed by atoms with Crippen molar-refractivity contribution in [3.63, 3.8) is 0 Å². The second-order valence-corrected chi connectivity index (χ2v) is 12.6. The Hall–Kier alpha value is -3.67. The summed E-state index contributed by atoms with van der Waals surface area (Å²) >= 11 is 2.91. The predicted octanol–water partition coefficient (Wildman–Crippen LogP) is 0.968. The van der Waals surface area contributed by atoms with E-state index in [4.69, 9.17) is 0 Å². The van der Waals surface area contributed by atoms with E-state index in [1.807, 2.05) is 12.1 Å². The number of carbonyl (C=O) groups excluding carboxylic acids is 3. The first-order valence-corrected chi connectivity index (χ1v) is 14.9. The molecule has 1 saturated carbocycles. The Morgan fingerprint density at radius 1 is 1.10 bits per heavy atom. The van der Waals surface area contributed by atoms with Gasteiger partial charge in [0.1, 0.15) is 6.04 Å². The molecule has 3 aromatic heterocycles. The van der Waals surface area contributed by atoms with Crippen molar-refractivity contribution in [2.75, 3.05) is 27.2 Å². The molecule has 3 amide bonds. The number of rotatable bonds is 8. The first kappa shape index (κ1) is 26.5. The molecular weight excluding hydrogens is 550 g/mol. The molecule has 208 valence electrons. The molecule has 0 radical (unpaired) electrons. The Morgan fingerprint density at radius 2 is 1.75 bits per heavy atom. The van der Waals surface area contributed by atoms with E-state index in [9.17, 15) is 19.6 Å². The smallest absolute Gasteiger partial charge is 0.261 e. The van der Waals surface area contributed by atoms with Crippen LogP contribution in [0.2, 0.25) is 0 Å². The molecule has 0 unspecified atom stereocenters. The number of carbonyl (C=O) groups is 3. The van der Waals surface area contributed by atoms with E-state index >= 15 is 0 Å². The van der Waals surface area contributed by atoms with Crippen LogP contribution >= 0.6 is 22.7 Å². The quantitative estimate of drug-likeness (QED) is 0.286. The van der Waals surface area contributed by atoms with Gasteiger partial charge in [-0.25, -0.2) is 0 Å². The van der Waals surface area contributed by atoms with Gasteiger partial charge in [0.05, 0.1) is 27.8 Å². The van der Waals surface area contributed by atoms with Crippen molar-refractivity contribution in [3.8, 4) is 6.07 Å². The van der Waals surface area contributed by atoms with Crippen LogP contribution in [0.1, 0.15) is 65.3 Å². The zero-order valence-electron chi connectivity index (χ0n) is 22.1. The van der Waals surface area contributed by atoms with Gasteiger partial charge in [0.25, 0.3) is 11.8 Å². The van der Waals surface area contributed by atoms with Gasteiger partial charge in [-0.2, -0.15) is 10.5 Å². The van der Waals surface area contributed by atoms with Gasteiger partial charge in [-0.15, -0.1) is 32.9 Å².